The van der Waals surface area contributed by atoms with Crippen LogP contribution in [0, 0.1) is 0 Å². The quantitative estimate of drug-likeness (QED) is 0.779. The van der Waals surface area contributed by atoms with E-state index in [1.807, 2.05) is 30.3 Å². The van der Waals surface area contributed by atoms with Crippen LogP contribution < -0.4 is 10.3 Å². The van der Waals surface area contributed by atoms with Gasteiger partial charge >= 0.3 is 0 Å². The average Bonchev–Trinajstić information content (AvgIpc) is 2.54. The van der Waals surface area contributed by atoms with Gasteiger partial charge in [-0.3, -0.25) is 4.79 Å². The number of benzene rings is 2. The van der Waals surface area contributed by atoms with Gasteiger partial charge in [-0.05, 0) is 21.5 Å². The van der Waals surface area contributed by atoms with Crippen molar-refractivity contribution in [1.29, 1.82) is 0 Å². The Bertz CT molecular complexity index is 891. The number of halogens is 1. The van der Waals surface area contributed by atoms with Crippen LogP contribution in [0.2, 0.25) is 0 Å². The first kappa shape index (κ1) is 14.6. The second kappa shape index (κ2) is 5.81. The highest BCUT2D eigenvalue weighted by molar-refractivity contribution is 9.10. The normalized spacial score (nSPS) is 10.8. The third-order valence-electron chi connectivity index (χ3n) is 3.44. The highest BCUT2D eigenvalue weighted by Gasteiger charge is 2.16. The van der Waals surface area contributed by atoms with Crippen LogP contribution in [-0.4, -0.2) is 21.8 Å². The Morgan fingerprint density at radius 1 is 1.32 bits per heavy atom. The van der Waals surface area contributed by atoms with E-state index in [0.29, 0.717) is 22.3 Å². The lowest BCUT2D eigenvalue weighted by molar-refractivity contribution is 0.405. The molecule has 22 heavy (non-hydrogen) atoms. The van der Waals surface area contributed by atoms with Gasteiger partial charge in [0.2, 0.25) is 0 Å². The van der Waals surface area contributed by atoms with Crippen molar-refractivity contribution in [2.24, 2.45) is 0 Å². The molecule has 3 aromatic rings. The monoisotopic (exact) mass is 360 g/mol. The zero-order valence-corrected chi connectivity index (χ0v) is 13.4. The van der Waals surface area contributed by atoms with Crippen LogP contribution in [0.5, 0.6) is 11.5 Å². The summed E-state index contributed by atoms with van der Waals surface area (Å²) < 4.78 is 7.39. The molecule has 2 aromatic carbocycles. The maximum absolute atomic E-state index is 12.0. The number of phenolic OH excluding ortho intramolecular Hbond substituents is 1. The van der Waals surface area contributed by atoms with Gasteiger partial charge in [0.05, 0.1) is 19.0 Å². The first-order chi connectivity index (χ1) is 10.6. The smallest absolute Gasteiger partial charge is 0.284 e. The van der Waals surface area contributed by atoms with Crippen LogP contribution in [-0.2, 0) is 6.54 Å². The van der Waals surface area contributed by atoms with E-state index in [-0.39, 0.29) is 11.1 Å². The molecule has 6 heteroatoms. The van der Waals surface area contributed by atoms with Crippen molar-refractivity contribution in [1.82, 2.24) is 9.55 Å². The minimum atomic E-state index is -0.472. The molecular weight excluding hydrogens is 348 g/mol. The summed E-state index contributed by atoms with van der Waals surface area (Å²) in [6, 6.07) is 11.5. The molecule has 3 rings (SSSR count). The molecule has 0 atom stereocenters. The summed E-state index contributed by atoms with van der Waals surface area (Å²) >= 11 is 3.24. The lowest BCUT2D eigenvalue weighted by Crippen LogP contribution is -2.13. The summed E-state index contributed by atoms with van der Waals surface area (Å²) in [5, 5.41) is 10.4. The SMILES string of the molecule is COc1cc2c(c(O)c1Br)c(=O)ncn2Cc1ccccc1. The molecule has 0 radical (unpaired) electrons. The number of hydrogen-bond donors (Lipinski definition) is 1. The summed E-state index contributed by atoms with van der Waals surface area (Å²) in [7, 11) is 1.51. The van der Waals surface area contributed by atoms with Crippen molar-refractivity contribution < 1.29 is 9.84 Å². The van der Waals surface area contributed by atoms with E-state index in [2.05, 4.69) is 20.9 Å². The summed E-state index contributed by atoms with van der Waals surface area (Å²) in [4.78, 5) is 15.9. The number of fused-ring (bicyclic) bond motifs is 1. The Labute approximate surface area is 134 Å². The molecule has 0 aliphatic rings. The Morgan fingerprint density at radius 3 is 2.73 bits per heavy atom. The first-order valence-corrected chi connectivity index (χ1v) is 7.39. The molecule has 5 nitrogen and oxygen atoms in total. The van der Waals surface area contributed by atoms with Crippen LogP contribution in [0.4, 0.5) is 0 Å². The van der Waals surface area contributed by atoms with Gasteiger partial charge in [-0.1, -0.05) is 30.3 Å². The number of rotatable bonds is 3. The lowest BCUT2D eigenvalue weighted by atomic mass is 10.2. The molecular formula is C16H13BrN2O3. The lowest BCUT2D eigenvalue weighted by Gasteiger charge is -2.13. The number of aromatic hydroxyl groups is 1. The second-order valence-electron chi connectivity index (χ2n) is 4.80. The van der Waals surface area contributed by atoms with E-state index in [0.717, 1.165) is 5.56 Å². The predicted octanol–water partition coefficient (Wildman–Crippen LogP) is 2.92. The fourth-order valence-electron chi connectivity index (χ4n) is 2.35. The highest BCUT2D eigenvalue weighted by Crippen LogP contribution is 2.38. The molecule has 0 saturated carbocycles. The van der Waals surface area contributed by atoms with Crippen molar-refractivity contribution in [3.63, 3.8) is 0 Å². The van der Waals surface area contributed by atoms with E-state index in [1.165, 1.54) is 13.4 Å². The molecule has 0 saturated heterocycles. The molecule has 1 N–H and O–H groups in total. The van der Waals surface area contributed by atoms with Crippen LogP contribution in [0.3, 0.4) is 0 Å². The number of methoxy groups -OCH3 is 1. The zero-order valence-electron chi connectivity index (χ0n) is 11.8. The van der Waals surface area contributed by atoms with Crippen molar-refractivity contribution in [2.45, 2.75) is 6.54 Å². The summed E-state index contributed by atoms with van der Waals surface area (Å²) in [5.74, 6) is 0.298. The van der Waals surface area contributed by atoms with Gasteiger partial charge < -0.3 is 14.4 Å². The van der Waals surface area contributed by atoms with Gasteiger partial charge in [-0.15, -0.1) is 0 Å². The third-order valence-corrected chi connectivity index (χ3v) is 4.20. The van der Waals surface area contributed by atoms with Gasteiger partial charge in [-0.2, -0.15) is 4.98 Å². The summed E-state index contributed by atoms with van der Waals surface area (Å²) in [6.45, 7) is 0.537. The molecule has 0 aliphatic carbocycles. The number of hydrogen-bond acceptors (Lipinski definition) is 4. The van der Waals surface area contributed by atoms with Crippen molar-refractivity contribution in [3.8, 4) is 11.5 Å². The summed E-state index contributed by atoms with van der Waals surface area (Å²) in [5.41, 5.74) is 1.16. The molecule has 1 heterocycles. The molecule has 0 spiro atoms. The van der Waals surface area contributed by atoms with E-state index >= 15 is 0 Å². The van der Waals surface area contributed by atoms with Gasteiger partial charge in [0.25, 0.3) is 5.56 Å². The van der Waals surface area contributed by atoms with Crippen LogP contribution >= 0.6 is 15.9 Å². The van der Waals surface area contributed by atoms with Crippen LogP contribution in [0.15, 0.2) is 52.0 Å². The average molecular weight is 361 g/mol. The molecule has 112 valence electrons. The van der Waals surface area contributed by atoms with Gasteiger partial charge in [-0.25, -0.2) is 0 Å². The minimum absolute atomic E-state index is 0.158. The zero-order chi connectivity index (χ0) is 15.7. The second-order valence-corrected chi connectivity index (χ2v) is 5.59. The molecule has 0 unspecified atom stereocenters. The van der Waals surface area contributed by atoms with Crippen molar-refractivity contribution >= 4 is 26.8 Å². The highest BCUT2D eigenvalue weighted by atomic mass is 79.9. The fourth-order valence-corrected chi connectivity index (χ4v) is 2.82. The Balaban J connectivity index is 2.26. The molecule has 0 aliphatic heterocycles. The van der Waals surface area contributed by atoms with Gasteiger partial charge in [0.15, 0.2) is 0 Å². The van der Waals surface area contributed by atoms with Crippen molar-refractivity contribution in [2.75, 3.05) is 7.11 Å². The number of nitrogens with zero attached hydrogens (tertiary/aromatic N) is 2. The molecule has 0 fully saturated rings. The first-order valence-electron chi connectivity index (χ1n) is 6.60. The van der Waals surface area contributed by atoms with E-state index in [4.69, 9.17) is 4.74 Å². The Hall–Kier alpha value is -2.34. The Morgan fingerprint density at radius 2 is 2.05 bits per heavy atom. The standard InChI is InChI=1S/C16H13BrN2O3/c1-22-12-7-11-13(15(20)14(12)17)16(21)18-9-19(11)8-10-5-3-2-4-6-10/h2-7,9,20H,8H2,1H3. The topological polar surface area (TPSA) is 64.3 Å². The van der Waals surface area contributed by atoms with E-state index in [1.54, 1.807) is 10.6 Å². The van der Waals surface area contributed by atoms with Crippen molar-refractivity contribution in [3.05, 3.63) is 63.1 Å². The largest absolute Gasteiger partial charge is 0.506 e. The van der Waals surface area contributed by atoms with E-state index in [9.17, 15) is 9.90 Å². The van der Waals surface area contributed by atoms with Crippen LogP contribution in [0.25, 0.3) is 10.9 Å². The molecule has 1 aromatic heterocycles. The fraction of sp³-hybridized carbons (Fsp3) is 0.125. The number of phenols is 1. The van der Waals surface area contributed by atoms with Gasteiger partial charge in [0, 0.05) is 12.6 Å². The number of aromatic nitrogens is 2. The van der Waals surface area contributed by atoms with Gasteiger partial charge in [0.1, 0.15) is 21.4 Å². The van der Waals surface area contributed by atoms with E-state index < -0.39 is 5.56 Å². The molecule has 0 bridgehead atoms. The number of ether oxygens (including phenoxy) is 1. The maximum atomic E-state index is 12.0. The minimum Gasteiger partial charge on any atom is -0.506 e. The molecule has 0 amide bonds. The predicted molar refractivity (Wildman–Crippen MR) is 87.5 cm³/mol. The van der Waals surface area contributed by atoms with Crippen LogP contribution in [0.1, 0.15) is 5.56 Å². The third kappa shape index (κ3) is 2.46. The maximum Gasteiger partial charge on any atom is 0.284 e. The summed E-state index contributed by atoms with van der Waals surface area (Å²) in [6.07, 6.45) is 1.48. The Kier molecular flexibility index (Phi) is 3.85.